The monoisotopic (exact) mass is 254 g/mol. The summed E-state index contributed by atoms with van der Waals surface area (Å²) in [6.45, 7) is 3.39. The van der Waals surface area contributed by atoms with Crippen LogP contribution < -0.4 is 10.6 Å². The first-order valence-electron chi connectivity index (χ1n) is 5.49. The van der Waals surface area contributed by atoms with Crippen molar-refractivity contribution in [1.82, 2.24) is 5.32 Å². The van der Waals surface area contributed by atoms with Crippen molar-refractivity contribution >= 4 is 17.7 Å². The highest BCUT2D eigenvalue weighted by atomic mass is 19.1. The highest BCUT2D eigenvalue weighted by Crippen LogP contribution is 2.15. The Kier molecular flexibility index (Phi) is 5.10. The van der Waals surface area contributed by atoms with Gasteiger partial charge in [-0.3, -0.25) is 4.79 Å². The molecule has 2 amide bonds. The van der Waals surface area contributed by atoms with Gasteiger partial charge in [0, 0.05) is 5.69 Å². The van der Waals surface area contributed by atoms with E-state index in [1.165, 1.54) is 18.2 Å². The van der Waals surface area contributed by atoms with Gasteiger partial charge in [0.05, 0.1) is 6.61 Å². The molecule has 0 spiro atoms. The van der Waals surface area contributed by atoms with Crippen LogP contribution in [0.3, 0.4) is 0 Å². The molecule has 0 bridgehead atoms. The van der Waals surface area contributed by atoms with E-state index >= 15 is 0 Å². The van der Waals surface area contributed by atoms with Gasteiger partial charge in [0.25, 0.3) is 0 Å². The molecular weight excluding hydrogens is 239 g/mol. The van der Waals surface area contributed by atoms with Gasteiger partial charge in [0.15, 0.2) is 0 Å². The van der Waals surface area contributed by atoms with Gasteiger partial charge in [-0.2, -0.15) is 0 Å². The first-order valence-corrected chi connectivity index (χ1v) is 5.49. The molecule has 0 aliphatic heterocycles. The zero-order valence-electron chi connectivity index (χ0n) is 10.2. The Morgan fingerprint density at radius 3 is 2.72 bits per heavy atom. The molecular formula is C12H15FN2O3. The maximum atomic E-state index is 12.8. The van der Waals surface area contributed by atoms with E-state index in [-0.39, 0.29) is 19.0 Å². The number of ether oxygens (including phenoxy) is 1. The number of rotatable bonds is 4. The summed E-state index contributed by atoms with van der Waals surface area (Å²) in [4.78, 5) is 22.4. The molecule has 0 unspecified atom stereocenters. The zero-order chi connectivity index (χ0) is 13.5. The van der Waals surface area contributed by atoms with Crippen molar-refractivity contribution in [3.63, 3.8) is 0 Å². The minimum atomic E-state index is -0.650. The Morgan fingerprint density at radius 2 is 2.11 bits per heavy atom. The second kappa shape index (κ2) is 6.58. The second-order valence-electron chi connectivity index (χ2n) is 3.58. The van der Waals surface area contributed by atoms with Gasteiger partial charge in [-0.25, -0.2) is 9.18 Å². The molecule has 0 aliphatic rings. The predicted octanol–water partition coefficient (Wildman–Crippen LogP) is 1.82. The third kappa shape index (κ3) is 4.40. The Hall–Kier alpha value is -2.11. The molecule has 6 heteroatoms. The van der Waals surface area contributed by atoms with Gasteiger partial charge in [0.2, 0.25) is 5.91 Å². The van der Waals surface area contributed by atoms with Crippen LogP contribution in [0, 0.1) is 12.7 Å². The van der Waals surface area contributed by atoms with Crippen molar-refractivity contribution in [1.29, 1.82) is 0 Å². The Morgan fingerprint density at radius 1 is 1.39 bits per heavy atom. The minimum absolute atomic E-state index is 0.199. The molecule has 0 aromatic heterocycles. The molecule has 0 aliphatic carbocycles. The number of hydrogen-bond donors (Lipinski definition) is 2. The van der Waals surface area contributed by atoms with E-state index in [9.17, 15) is 14.0 Å². The molecule has 0 heterocycles. The van der Waals surface area contributed by atoms with Gasteiger partial charge in [0.1, 0.15) is 12.4 Å². The van der Waals surface area contributed by atoms with E-state index in [0.29, 0.717) is 11.3 Å². The number of benzene rings is 1. The smallest absolute Gasteiger partial charge is 0.407 e. The van der Waals surface area contributed by atoms with E-state index in [4.69, 9.17) is 0 Å². The van der Waals surface area contributed by atoms with Crippen molar-refractivity contribution in [3.05, 3.63) is 29.6 Å². The third-order valence-corrected chi connectivity index (χ3v) is 2.13. The van der Waals surface area contributed by atoms with Crippen LogP contribution in [-0.4, -0.2) is 25.2 Å². The first kappa shape index (κ1) is 14.0. The van der Waals surface area contributed by atoms with Crippen LogP contribution in [0.15, 0.2) is 18.2 Å². The van der Waals surface area contributed by atoms with Gasteiger partial charge in [-0.05, 0) is 37.6 Å². The molecule has 0 radical (unpaired) electrons. The molecule has 0 saturated carbocycles. The predicted molar refractivity (Wildman–Crippen MR) is 64.8 cm³/mol. The van der Waals surface area contributed by atoms with Crippen molar-refractivity contribution in [2.45, 2.75) is 13.8 Å². The molecule has 0 atom stereocenters. The van der Waals surface area contributed by atoms with Crippen LogP contribution in [0.4, 0.5) is 14.9 Å². The minimum Gasteiger partial charge on any atom is -0.450 e. The Labute approximate surface area is 104 Å². The normalized spacial score (nSPS) is 9.72. The number of nitrogens with one attached hydrogen (secondary N) is 2. The average molecular weight is 254 g/mol. The number of amides is 2. The van der Waals surface area contributed by atoms with Crippen molar-refractivity contribution in [2.24, 2.45) is 0 Å². The van der Waals surface area contributed by atoms with Gasteiger partial charge < -0.3 is 15.4 Å². The maximum Gasteiger partial charge on any atom is 0.407 e. The van der Waals surface area contributed by atoms with Crippen molar-refractivity contribution < 1.29 is 18.7 Å². The maximum absolute atomic E-state index is 12.8. The topological polar surface area (TPSA) is 67.4 Å². The van der Waals surface area contributed by atoms with E-state index in [1.54, 1.807) is 13.8 Å². The second-order valence-corrected chi connectivity index (χ2v) is 3.58. The molecule has 18 heavy (non-hydrogen) atoms. The van der Waals surface area contributed by atoms with Gasteiger partial charge in [-0.15, -0.1) is 0 Å². The lowest BCUT2D eigenvalue weighted by Gasteiger charge is -2.09. The van der Waals surface area contributed by atoms with Gasteiger partial charge in [-0.1, -0.05) is 0 Å². The number of halogens is 1. The molecule has 1 aromatic rings. The zero-order valence-corrected chi connectivity index (χ0v) is 10.2. The summed E-state index contributed by atoms with van der Waals surface area (Å²) in [7, 11) is 0. The first-order chi connectivity index (χ1) is 8.52. The highest BCUT2D eigenvalue weighted by Gasteiger charge is 2.07. The summed E-state index contributed by atoms with van der Waals surface area (Å²) >= 11 is 0. The lowest BCUT2D eigenvalue weighted by Crippen LogP contribution is -2.33. The Bertz CT molecular complexity index is 449. The van der Waals surface area contributed by atoms with E-state index < -0.39 is 12.0 Å². The molecule has 1 rings (SSSR count). The number of anilines is 1. The van der Waals surface area contributed by atoms with Crippen LogP contribution in [0.5, 0.6) is 0 Å². The molecule has 98 valence electrons. The summed E-state index contributed by atoms with van der Waals surface area (Å²) in [5.74, 6) is -0.770. The Balaban J connectivity index is 2.47. The summed E-state index contributed by atoms with van der Waals surface area (Å²) < 4.78 is 17.4. The molecule has 0 saturated heterocycles. The number of aryl methyl sites for hydroxylation is 1. The summed E-state index contributed by atoms with van der Waals surface area (Å²) in [6, 6.07) is 4.03. The number of carbonyl (C=O) groups excluding carboxylic acids is 2. The molecule has 0 fully saturated rings. The van der Waals surface area contributed by atoms with Crippen LogP contribution in [-0.2, 0) is 9.53 Å². The molecule has 1 aromatic carbocycles. The van der Waals surface area contributed by atoms with E-state index in [0.717, 1.165) is 0 Å². The number of carbonyl (C=O) groups is 2. The number of hydrogen-bond acceptors (Lipinski definition) is 3. The largest absolute Gasteiger partial charge is 0.450 e. The van der Waals surface area contributed by atoms with E-state index in [1.807, 2.05) is 0 Å². The third-order valence-electron chi connectivity index (χ3n) is 2.13. The summed E-state index contributed by atoms with van der Waals surface area (Å²) in [5, 5.41) is 4.85. The van der Waals surface area contributed by atoms with Gasteiger partial charge >= 0.3 is 6.09 Å². The quantitative estimate of drug-likeness (QED) is 0.861. The van der Waals surface area contributed by atoms with Crippen LogP contribution >= 0.6 is 0 Å². The summed E-state index contributed by atoms with van der Waals surface area (Å²) in [6.07, 6.45) is -0.650. The van der Waals surface area contributed by atoms with Crippen molar-refractivity contribution in [3.8, 4) is 0 Å². The standard InChI is InChI=1S/C12H15FN2O3/c1-3-18-12(17)14-7-11(16)15-10-5-4-9(13)6-8(10)2/h4-6H,3,7H2,1-2H3,(H,14,17)(H,15,16). The molecule has 2 N–H and O–H groups in total. The SMILES string of the molecule is CCOC(=O)NCC(=O)Nc1ccc(F)cc1C. The number of alkyl carbamates (subject to hydrolysis) is 1. The fraction of sp³-hybridized carbons (Fsp3) is 0.333. The lowest BCUT2D eigenvalue weighted by molar-refractivity contribution is -0.115. The fourth-order valence-electron chi connectivity index (χ4n) is 1.30. The lowest BCUT2D eigenvalue weighted by atomic mass is 10.2. The van der Waals surface area contributed by atoms with Crippen molar-refractivity contribution in [2.75, 3.05) is 18.5 Å². The van der Waals surface area contributed by atoms with Crippen LogP contribution in [0.1, 0.15) is 12.5 Å². The van der Waals surface area contributed by atoms with Crippen LogP contribution in [0.2, 0.25) is 0 Å². The fourth-order valence-corrected chi connectivity index (χ4v) is 1.30. The summed E-state index contributed by atoms with van der Waals surface area (Å²) in [5.41, 5.74) is 1.12. The highest BCUT2D eigenvalue weighted by molar-refractivity contribution is 5.94. The van der Waals surface area contributed by atoms with E-state index in [2.05, 4.69) is 15.4 Å². The molecule has 5 nitrogen and oxygen atoms in total. The average Bonchev–Trinajstić information content (AvgIpc) is 2.31. The van der Waals surface area contributed by atoms with Crippen LogP contribution in [0.25, 0.3) is 0 Å².